The SMILES string of the molecule is CCC(C)(C(C)=O)C(C)C.CCC(C)=O. The van der Waals surface area contributed by atoms with Gasteiger partial charge in [-0.05, 0) is 26.2 Å². The molecule has 0 rings (SSSR count). The number of carbonyl (C=O) groups excluding carboxylic acids is 2. The number of ketones is 2. The molecular weight excluding hydrogens is 188 g/mol. The highest BCUT2D eigenvalue weighted by Gasteiger charge is 2.30. The zero-order chi connectivity index (χ0) is 12.6. The normalized spacial score (nSPS) is 13.9. The smallest absolute Gasteiger partial charge is 0.135 e. The second-order valence-electron chi connectivity index (χ2n) is 4.54. The molecule has 0 saturated heterocycles. The van der Waals surface area contributed by atoms with Crippen molar-refractivity contribution in [1.29, 1.82) is 0 Å². The van der Waals surface area contributed by atoms with Crippen molar-refractivity contribution < 1.29 is 9.59 Å². The molecule has 0 aliphatic heterocycles. The first-order chi connectivity index (χ1) is 6.72. The van der Waals surface area contributed by atoms with E-state index >= 15 is 0 Å². The van der Waals surface area contributed by atoms with Crippen LogP contribution in [0.2, 0.25) is 0 Å². The van der Waals surface area contributed by atoms with Crippen LogP contribution in [0.3, 0.4) is 0 Å². The lowest BCUT2D eigenvalue weighted by Gasteiger charge is -2.29. The van der Waals surface area contributed by atoms with Crippen LogP contribution in [-0.4, -0.2) is 11.6 Å². The molecule has 0 aromatic carbocycles. The largest absolute Gasteiger partial charge is 0.300 e. The zero-order valence-electron chi connectivity index (χ0n) is 11.3. The molecular formula is C13H26O2. The Labute approximate surface area is 94.4 Å². The average Bonchev–Trinajstić information content (AvgIpc) is 2.16. The maximum absolute atomic E-state index is 11.1. The van der Waals surface area contributed by atoms with E-state index in [1.165, 1.54) is 0 Å². The van der Waals surface area contributed by atoms with Crippen molar-refractivity contribution in [3.63, 3.8) is 0 Å². The van der Waals surface area contributed by atoms with E-state index in [-0.39, 0.29) is 11.2 Å². The molecule has 0 radical (unpaired) electrons. The third kappa shape index (κ3) is 6.43. The maximum atomic E-state index is 11.1. The summed E-state index contributed by atoms with van der Waals surface area (Å²) in [6.45, 7) is 13.4. The highest BCUT2D eigenvalue weighted by Crippen LogP contribution is 2.31. The molecule has 0 spiro atoms. The fraction of sp³-hybridized carbons (Fsp3) is 0.846. The molecule has 0 heterocycles. The highest BCUT2D eigenvalue weighted by molar-refractivity contribution is 5.82. The summed E-state index contributed by atoms with van der Waals surface area (Å²) in [6, 6.07) is 0. The van der Waals surface area contributed by atoms with Gasteiger partial charge < -0.3 is 4.79 Å². The number of Topliss-reactive ketones (excluding diaryl/α,β-unsaturated/α-hetero) is 2. The van der Waals surface area contributed by atoms with E-state index in [0.717, 1.165) is 6.42 Å². The standard InChI is InChI=1S/C9H18O.C4H8O/c1-6-9(5,7(2)3)8(4)10;1-3-4(2)5/h7H,6H2,1-5H3;3H2,1-2H3. The predicted octanol–water partition coefficient (Wildman–Crippen LogP) is 3.63. The molecule has 1 unspecified atom stereocenters. The summed E-state index contributed by atoms with van der Waals surface area (Å²) in [6.07, 6.45) is 1.61. The zero-order valence-corrected chi connectivity index (χ0v) is 11.3. The van der Waals surface area contributed by atoms with Gasteiger partial charge in [0.15, 0.2) is 0 Å². The van der Waals surface area contributed by atoms with Crippen molar-refractivity contribution in [2.24, 2.45) is 11.3 Å². The van der Waals surface area contributed by atoms with Crippen LogP contribution in [0.5, 0.6) is 0 Å². The molecule has 2 nitrogen and oxygen atoms in total. The van der Waals surface area contributed by atoms with E-state index in [4.69, 9.17) is 0 Å². The lowest BCUT2D eigenvalue weighted by atomic mass is 9.74. The first-order valence-corrected chi connectivity index (χ1v) is 5.72. The van der Waals surface area contributed by atoms with E-state index < -0.39 is 0 Å². The summed E-state index contributed by atoms with van der Waals surface area (Å²) in [5, 5.41) is 0. The Morgan fingerprint density at radius 3 is 1.47 bits per heavy atom. The minimum absolute atomic E-state index is 0.0972. The number of rotatable bonds is 4. The second kappa shape index (κ2) is 7.61. The van der Waals surface area contributed by atoms with Crippen LogP contribution < -0.4 is 0 Å². The Morgan fingerprint density at radius 2 is 1.47 bits per heavy atom. The van der Waals surface area contributed by atoms with Crippen LogP contribution in [-0.2, 0) is 9.59 Å². The topological polar surface area (TPSA) is 34.1 Å². The van der Waals surface area contributed by atoms with E-state index in [2.05, 4.69) is 20.8 Å². The van der Waals surface area contributed by atoms with Gasteiger partial charge in [0.1, 0.15) is 11.6 Å². The van der Waals surface area contributed by atoms with Crippen molar-refractivity contribution in [3.05, 3.63) is 0 Å². The number of hydrogen-bond donors (Lipinski definition) is 0. The summed E-state index contributed by atoms with van der Waals surface area (Å²) >= 11 is 0. The maximum Gasteiger partial charge on any atom is 0.135 e. The molecule has 0 fully saturated rings. The molecule has 0 amide bonds. The molecule has 1 atom stereocenters. The molecule has 0 aliphatic rings. The van der Waals surface area contributed by atoms with Crippen LogP contribution in [0.15, 0.2) is 0 Å². The third-order valence-corrected chi connectivity index (χ3v) is 3.31. The van der Waals surface area contributed by atoms with Gasteiger partial charge in [-0.25, -0.2) is 0 Å². The summed E-state index contributed by atoms with van der Waals surface area (Å²) < 4.78 is 0. The van der Waals surface area contributed by atoms with Crippen molar-refractivity contribution in [3.8, 4) is 0 Å². The molecule has 90 valence electrons. The van der Waals surface area contributed by atoms with Gasteiger partial charge in [0.05, 0.1) is 0 Å². The molecule has 2 heteroatoms. The summed E-state index contributed by atoms with van der Waals surface area (Å²) in [5.41, 5.74) is -0.0972. The Hall–Kier alpha value is -0.660. The molecule has 0 bridgehead atoms. The van der Waals surface area contributed by atoms with Crippen LogP contribution >= 0.6 is 0 Å². The first kappa shape index (κ1) is 16.8. The van der Waals surface area contributed by atoms with E-state index in [1.54, 1.807) is 13.8 Å². The van der Waals surface area contributed by atoms with Crippen LogP contribution in [0.4, 0.5) is 0 Å². The van der Waals surface area contributed by atoms with E-state index in [9.17, 15) is 9.59 Å². The summed E-state index contributed by atoms with van der Waals surface area (Å²) in [5.74, 6) is 1.02. The first-order valence-electron chi connectivity index (χ1n) is 5.72. The highest BCUT2D eigenvalue weighted by atomic mass is 16.1. The fourth-order valence-corrected chi connectivity index (χ4v) is 1.06. The van der Waals surface area contributed by atoms with Gasteiger partial charge in [-0.2, -0.15) is 0 Å². The van der Waals surface area contributed by atoms with Gasteiger partial charge in [0, 0.05) is 11.8 Å². The quantitative estimate of drug-likeness (QED) is 0.716. The minimum atomic E-state index is -0.0972. The van der Waals surface area contributed by atoms with Gasteiger partial charge in [0.2, 0.25) is 0 Å². The molecule has 0 aromatic rings. The molecule has 0 aliphatic carbocycles. The average molecular weight is 214 g/mol. The van der Waals surface area contributed by atoms with Crippen LogP contribution in [0, 0.1) is 11.3 Å². The van der Waals surface area contributed by atoms with Gasteiger partial charge in [-0.15, -0.1) is 0 Å². The van der Waals surface area contributed by atoms with Gasteiger partial charge >= 0.3 is 0 Å². The van der Waals surface area contributed by atoms with E-state index in [1.807, 2.05) is 13.8 Å². The molecule has 0 aromatic heterocycles. The number of carbonyl (C=O) groups is 2. The Bertz CT molecular complexity index is 207. The lowest BCUT2D eigenvalue weighted by Crippen LogP contribution is -2.30. The van der Waals surface area contributed by atoms with Crippen LogP contribution in [0.1, 0.15) is 61.3 Å². The van der Waals surface area contributed by atoms with Crippen molar-refractivity contribution >= 4 is 11.6 Å². The summed E-state index contributed by atoms with van der Waals surface area (Å²) in [4.78, 5) is 21.0. The minimum Gasteiger partial charge on any atom is -0.300 e. The lowest BCUT2D eigenvalue weighted by molar-refractivity contribution is -0.128. The van der Waals surface area contributed by atoms with Crippen molar-refractivity contribution in [2.75, 3.05) is 0 Å². The Morgan fingerprint density at radius 1 is 1.13 bits per heavy atom. The van der Waals surface area contributed by atoms with E-state index in [0.29, 0.717) is 18.1 Å². The monoisotopic (exact) mass is 214 g/mol. The van der Waals surface area contributed by atoms with Crippen molar-refractivity contribution in [2.45, 2.75) is 61.3 Å². The Kier molecular flexibility index (Phi) is 8.50. The second-order valence-corrected chi connectivity index (χ2v) is 4.54. The Balaban J connectivity index is 0. The van der Waals surface area contributed by atoms with Gasteiger partial charge in [-0.1, -0.05) is 34.6 Å². The fourth-order valence-electron chi connectivity index (χ4n) is 1.06. The third-order valence-electron chi connectivity index (χ3n) is 3.31. The molecule has 0 saturated carbocycles. The molecule has 0 N–H and O–H groups in total. The van der Waals surface area contributed by atoms with Crippen LogP contribution in [0.25, 0.3) is 0 Å². The number of hydrogen-bond acceptors (Lipinski definition) is 2. The molecule has 15 heavy (non-hydrogen) atoms. The summed E-state index contributed by atoms with van der Waals surface area (Å²) in [7, 11) is 0. The van der Waals surface area contributed by atoms with Gasteiger partial charge in [-0.3, -0.25) is 4.79 Å². The van der Waals surface area contributed by atoms with Gasteiger partial charge in [0.25, 0.3) is 0 Å². The predicted molar refractivity (Wildman–Crippen MR) is 64.9 cm³/mol. The van der Waals surface area contributed by atoms with Crippen molar-refractivity contribution in [1.82, 2.24) is 0 Å².